The van der Waals surface area contributed by atoms with E-state index in [1.165, 1.54) is 0 Å². The molecule has 0 aliphatic rings. The van der Waals surface area contributed by atoms with E-state index >= 15 is 0 Å². The van der Waals surface area contributed by atoms with Gasteiger partial charge in [0, 0.05) is 22.7 Å². The number of fused-ring (bicyclic) bond motifs is 1. The van der Waals surface area contributed by atoms with Gasteiger partial charge in [-0.3, -0.25) is 4.98 Å². The number of benzene rings is 2. The summed E-state index contributed by atoms with van der Waals surface area (Å²) in [5.74, 6) is -0.00701. The topological polar surface area (TPSA) is 34.1 Å². The third-order valence-electron chi connectivity index (χ3n) is 5.28. The van der Waals surface area contributed by atoms with Gasteiger partial charge in [-0.25, -0.2) is 4.39 Å². The van der Waals surface area contributed by atoms with E-state index in [0.717, 1.165) is 53.4 Å². The molecule has 3 nitrogen and oxygen atoms in total. The molecular weight excluding hydrogens is 351 g/mol. The van der Waals surface area contributed by atoms with Gasteiger partial charge in [0.2, 0.25) is 0 Å². The molecule has 0 saturated heterocycles. The first kappa shape index (κ1) is 20.3. The summed E-state index contributed by atoms with van der Waals surface area (Å²) < 4.78 is 20.4. The van der Waals surface area contributed by atoms with E-state index in [1.54, 1.807) is 12.1 Å². The monoisotopic (exact) mass is 380 g/mol. The number of rotatable bonds is 9. The van der Waals surface area contributed by atoms with Gasteiger partial charge in [0.15, 0.2) is 11.6 Å². The number of aryl methyl sites for hydroxylation is 2. The Bertz CT molecular complexity index is 922. The van der Waals surface area contributed by atoms with E-state index < -0.39 is 0 Å². The van der Waals surface area contributed by atoms with Gasteiger partial charge in [-0.2, -0.15) is 0 Å². The van der Waals surface area contributed by atoms with E-state index in [4.69, 9.17) is 4.74 Å². The molecule has 4 heteroatoms. The molecule has 148 valence electrons. The van der Waals surface area contributed by atoms with Crippen LogP contribution in [0.3, 0.4) is 0 Å². The maximum absolute atomic E-state index is 14.5. The third kappa shape index (κ3) is 4.87. The quantitative estimate of drug-likeness (QED) is 0.536. The summed E-state index contributed by atoms with van der Waals surface area (Å²) >= 11 is 0. The van der Waals surface area contributed by atoms with Gasteiger partial charge in [0.05, 0.1) is 5.52 Å². The molecule has 0 aliphatic carbocycles. The van der Waals surface area contributed by atoms with Crippen LogP contribution in [0.25, 0.3) is 10.9 Å². The predicted molar refractivity (Wildman–Crippen MR) is 113 cm³/mol. The highest BCUT2D eigenvalue weighted by atomic mass is 19.1. The second-order valence-electron chi connectivity index (χ2n) is 7.13. The minimum Gasteiger partial charge on any atom is -0.486 e. The van der Waals surface area contributed by atoms with Crippen LogP contribution in [-0.2, 0) is 19.4 Å². The standard InChI is InChI=1S/C24H29FN2O/c1-4-19(26-3)12-10-17-11-13-24(22(25)14-17)28-16-18-15-20(5-2)27-23-9-7-6-8-21(18)23/h6-9,11,13-15,19,26H,4-5,10,12,16H2,1-3H3. The van der Waals surface area contributed by atoms with E-state index in [-0.39, 0.29) is 5.82 Å². The maximum atomic E-state index is 14.5. The highest BCUT2D eigenvalue weighted by Gasteiger charge is 2.10. The third-order valence-corrected chi connectivity index (χ3v) is 5.28. The average Bonchev–Trinajstić information content (AvgIpc) is 2.73. The Kier molecular flexibility index (Phi) is 6.99. The Morgan fingerprint density at radius 1 is 1.11 bits per heavy atom. The van der Waals surface area contributed by atoms with Crippen molar-refractivity contribution in [3.8, 4) is 5.75 Å². The van der Waals surface area contributed by atoms with Gasteiger partial charge in [-0.15, -0.1) is 0 Å². The Labute approximate surface area is 167 Å². The zero-order chi connectivity index (χ0) is 19.9. The Balaban J connectivity index is 1.72. The minimum absolute atomic E-state index is 0.295. The van der Waals surface area contributed by atoms with Gasteiger partial charge >= 0.3 is 0 Å². The number of para-hydroxylation sites is 1. The lowest BCUT2D eigenvalue weighted by Gasteiger charge is -2.14. The van der Waals surface area contributed by atoms with Crippen LogP contribution < -0.4 is 10.1 Å². The van der Waals surface area contributed by atoms with E-state index in [0.29, 0.717) is 18.4 Å². The lowest BCUT2D eigenvalue weighted by molar-refractivity contribution is 0.291. The molecule has 28 heavy (non-hydrogen) atoms. The summed E-state index contributed by atoms with van der Waals surface area (Å²) in [7, 11) is 1.97. The van der Waals surface area contributed by atoms with Gasteiger partial charge in [0.25, 0.3) is 0 Å². The van der Waals surface area contributed by atoms with Crippen molar-refractivity contribution in [3.05, 3.63) is 71.2 Å². The molecule has 2 aromatic carbocycles. The van der Waals surface area contributed by atoms with Crippen molar-refractivity contribution in [1.29, 1.82) is 0 Å². The summed E-state index contributed by atoms with van der Waals surface area (Å²) in [6.07, 6.45) is 3.77. The number of hydrogen-bond acceptors (Lipinski definition) is 3. The highest BCUT2D eigenvalue weighted by molar-refractivity contribution is 5.82. The van der Waals surface area contributed by atoms with Gasteiger partial charge in [-0.05, 0) is 62.6 Å². The molecule has 3 aromatic rings. The van der Waals surface area contributed by atoms with Crippen molar-refractivity contribution in [2.75, 3.05) is 7.05 Å². The van der Waals surface area contributed by atoms with E-state index in [1.807, 2.05) is 37.4 Å². The summed E-state index contributed by atoms with van der Waals surface area (Å²) in [6.45, 7) is 4.56. The first-order chi connectivity index (χ1) is 13.6. The Morgan fingerprint density at radius 2 is 1.93 bits per heavy atom. The number of halogens is 1. The number of ether oxygens (including phenoxy) is 1. The fraction of sp³-hybridized carbons (Fsp3) is 0.375. The van der Waals surface area contributed by atoms with Gasteiger partial charge in [0.1, 0.15) is 6.61 Å². The van der Waals surface area contributed by atoms with E-state index in [2.05, 4.69) is 30.2 Å². The summed E-state index contributed by atoms with van der Waals surface area (Å²) in [5.41, 5.74) is 4.00. The number of aromatic nitrogens is 1. The van der Waals surface area contributed by atoms with Crippen LogP contribution in [0.5, 0.6) is 5.75 Å². The molecule has 0 aliphatic heterocycles. The molecule has 1 unspecified atom stereocenters. The van der Waals surface area contributed by atoms with Crippen LogP contribution in [0.2, 0.25) is 0 Å². The lowest BCUT2D eigenvalue weighted by Crippen LogP contribution is -2.24. The van der Waals surface area contributed by atoms with Crippen LogP contribution in [0.15, 0.2) is 48.5 Å². The largest absolute Gasteiger partial charge is 0.486 e. The van der Waals surface area contributed by atoms with Crippen molar-refractivity contribution >= 4 is 10.9 Å². The summed E-state index contributed by atoms with van der Waals surface area (Å²) in [6, 6.07) is 15.8. The van der Waals surface area contributed by atoms with Crippen LogP contribution in [0.4, 0.5) is 4.39 Å². The fourth-order valence-electron chi connectivity index (χ4n) is 3.47. The number of nitrogens with one attached hydrogen (secondary N) is 1. The van der Waals surface area contributed by atoms with Crippen molar-refractivity contribution in [2.45, 2.75) is 52.2 Å². The van der Waals surface area contributed by atoms with Crippen LogP contribution in [-0.4, -0.2) is 18.1 Å². The molecule has 1 aromatic heterocycles. The van der Waals surface area contributed by atoms with Gasteiger partial charge in [-0.1, -0.05) is 38.1 Å². The molecule has 0 bridgehead atoms. The number of nitrogens with zero attached hydrogens (tertiary/aromatic N) is 1. The first-order valence-electron chi connectivity index (χ1n) is 10.1. The normalized spacial score (nSPS) is 12.3. The molecular formula is C24H29FN2O. The maximum Gasteiger partial charge on any atom is 0.165 e. The molecule has 1 heterocycles. The molecule has 1 atom stereocenters. The highest BCUT2D eigenvalue weighted by Crippen LogP contribution is 2.24. The van der Waals surface area contributed by atoms with Crippen LogP contribution >= 0.6 is 0 Å². The van der Waals surface area contributed by atoms with Gasteiger partial charge < -0.3 is 10.1 Å². The minimum atomic E-state index is -0.302. The van der Waals surface area contributed by atoms with Crippen molar-refractivity contribution in [1.82, 2.24) is 10.3 Å². The van der Waals surface area contributed by atoms with E-state index in [9.17, 15) is 4.39 Å². The van der Waals surface area contributed by atoms with Crippen molar-refractivity contribution in [2.24, 2.45) is 0 Å². The smallest absolute Gasteiger partial charge is 0.165 e. The van der Waals surface area contributed by atoms with Crippen LogP contribution in [0.1, 0.15) is 43.5 Å². The second kappa shape index (κ2) is 9.65. The zero-order valence-electron chi connectivity index (χ0n) is 17.0. The molecule has 0 amide bonds. The Hall–Kier alpha value is -2.46. The molecule has 3 rings (SSSR count). The summed E-state index contributed by atoms with van der Waals surface area (Å²) in [5, 5.41) is 4.34. The summed E-state index contributed by atoms with van der Waals surface area (Å²) in [4.78, 5) is 4.65. The molecule has 0 fully saturated rings. The number of pyridine rings is 1. The number of hydrogen-bond donors (Lipinski definition) is 1. The molecule has 0 spiro atoms. The lowest BCUT2D eigenvalue weighted by atomic mass is 10.0. The Morgan fingerprint density at radius 3 is 2.64 bits per heavy atom. The average molecular weight is 381 g/mol. The van der Waals surface area contributed by atoms with Crippen LogP contribution in [0, 0.1) is 5.82 Å². The fourth-order valence-corrected chi connectivity index (χ4v) is 3.47. The zero-order valence-corrected chi connectivity index (χ0v) is 17.0. The SMILES string of the molecule is CCc1cc(COc2ccc(CCC(CC)NC)cc2F)c2ccccc2n1. The predicted octanol–water partition coefficient (Wildman–Crippen LogP) is 5.45. The van der Waals surface area contributed by atoms with Crippen molar-refractivity contribution < 1.29 is 9.13 Å². The first-order valence-corrected chi connectivity index (χ1v) is 10.1. The van der Waals surface area contributed by atoms with Crippen molar-refractivity contribution in [3.63, 3.8) is 0 Å². The molecule has 1 N–H and O–H groups in total. The molecule has 0 radical (unpaired) electrons. The second-order valence-corrected chi connectivity index (χ2v) is 7.13. The molecule has 0 saturated carbocycles.